The molecule has 0 spiro atoms. The van der Waals surface area contributed by atoms with E-state index in [4.69, 9.17) is 0 Å². The van der Waals surface area contributed by atoms with Gasteiger partial charge >= 0.3 is 0 Å². The predicted molar refractivity (Wildman–Crippen MR) is 45.2 cm³/mol. The highest BCUT2D eigenvalue weighted by Gasteiger charge is 2.58. The van der Waals surface area contributed by atoms with Gasteiger partial charge in [0.25, 0.3) is 0 Å². The Bertz CT molecular complexity index is 179. The summed E-state index contributed by atoms with van der Waals surface area (Å²) in [6.07, 6.45) is 6.24. The maximum absolute atomic E-state index is 2.44. The summed E-state index contributed by atoms with van der Waals surface area (Å²) in [5, 5.41) is 0. The van der Waals surface area contributed by atoms with E-state index in [9.17, 15) is 0 Å². The molecule has 11 heavy (non-hydrogen) atoms. The van der Waals surface area contributed by atoms with Crippen LogP contribution >= 0.6 is 0 Å². The van der Waals surface area contributed by atoms with Gasteiger partial charge < -0.3 is 4.48 Å². The second kappa shape index (κ2) is 1.82. The molecule has 0 aromatic rings. The van der Waals surface area contributed by atoms with E-state index in [1.807, 2.05) is 0 Å². The van der Waals surface area contributed by atoms with Crippen molar-refractivity contribution in [3.8, 4) is 0 Å². The molecular formula is C10H18N+. The number of hydrogen-bond acceptors (Lipinski definition) is 0. The van der Waals surface area contributed by atoms with Crippen LogP contribution in [0.25, 0.3) is 0 Å². The minimum Gasteiger partial charge on any atom is -0.314 e. The first-order valence-corrected chi connectivity index (χ1v) is 5.12. The highest BCUT2D eigenvalue weighted by Crippen LogP contribution is 2.51. The summed E-state index contributed by atoms with van der Waals surface area (Å²) >= 11 is 0. The Morgan fingerprint density at radius 1 is 1.27 bits per heavy atom. The molecule has 2 unspecified atom stereocenters. The molecule has 2 aliphatic carbocycles. The lowest BCUT2D eigenvalue weighted by Crippen LogP contribution is -2.23. The molecule has 62 valence electrons. The molecular weight excluding hydrogens is 134 g/mol. The van der Waals surface area contributed by atoms with Crippen LogP contribution in [0, 0.1) is 11.8 Å². The highest BCUT2D eigenvalue weighted by molar-refractivity contribution is 4.94. The molecule has 2 atom stereocenters. The second-order valence-electron chi connectivity index (χ2n) is 5.17. The largest absolute Gasteiger partial charge is 0.314 e. The van der Waals surface area contributed by atoms with Gasteiger partial charge in [-0.3, -0.25) is 0 Å². The molecule has 0 aromatic heterocycles. The van der Waals surface area contributed by atoms with E-state index in [1.165, 1.54) is 17.6 Å². The van der Waals surface area contributed by atoms with E-state index >= 15 is 0 Å². The predicted octanol–water partition coefficient (Wildman–Crippen LogP) is 1.64. The normalized spacial score (nSPS) is 45.5. The number of quaternary nitrogens is 1. The van der Waals surface area contributed by atoms with Crippen LogP contribution in [0.15, 0.2) is 0 Å². The molecule has 0 N–H and O–H groups in total. The number of rotatable bonds is 3. The molecule has 3 rings (SSSR count). The Labute approximate surface area is 69.0 Å². The highest BCUT2D eigenvalue weighted by atomic mass is 15.5. The van der Waals surface area contributed by atoms with Gasteiger partial charge in [-0.25, -0.2) is 0 Å². The maximum Gasteiger partial charge on any atom is 0.129 e. The first-order chi connectivity index (χ1) is 5.28. The molecule has 1 heterocycles. The molecule has 1 heteroatoms. The third kappa shape index (κ3) is 1.10. The molecule has 2 saturated carbocycles. The van der Waals surface area contributed by atoms with E-state index in [1.54, 1.807) is 25.7 Å². The maximum atomic E-state index is 2.44. The summed E-state index contributed by atoms with van der Waals surface area (Å²) in [7, 11) is 2.44. The smallest absolute Gasteiger partial charge is 0.129 e. The van der Waals surface area contributed by atoms with Gasteiger partial charge in [-0.05, 0) is 12.3 Å². The van der Waals surface area contributed by atoms with Crippen LogP contribution in [0.2, 0.25) is 0 Å². The molecule has 3 aliphatic rings. The summed E-state index contributed by atoms with van der Waals surface area (Å²) in [4.78, 5) is 0. The Balaban J connectivity index is 1.53. The zero-order valence-corrected chi connectivity index (χ0v) is 7.42. The van der Waals surface area contributed by atoms with Crippen molar-refractivity contribution in [3.05, 3.63) is 0 Å². The SMILES string of the molecule is C[N+]1(C2CC2CC2CC2)CC1. The van der Waals surface area contributed by atoms with E-state index in [0.717, 1.165) is 17.9 Å². The average Bonchev–Trinajstić information content (AvgIpc) is 2.63. The van der Waals surface area contributed by atoms with Crippen molar-refractivity contribution in [1.29, 1.82) is 0 Å². The van der Waals surface area contributed by atoms with Crippen LogP contribution in [0.5, 0.6) is 0 Å². The molecule has 1 nitrogen and oxygen atoms in total. The second-order valence-corrected chi connectivity index (χ2v) is 5.17. The fraction of sp³-hybridized carbons (Fsp3) is 1.00. The number of hydrogen-bond donors (Lipinski definition) is 0. The molecule has 0 radical (unpaired) electrons. The van der Waals surface area contributed by atoms with Crippen molar-refractivity contribution < 1.29 is 4.48 Å². The van der Waals surface area contributed by atoms with Crippen molar-refractivity contribution >= 4 is 0 Å². The van der Waals surface area contributed by atoms with Gasteiger partial charge in [0.15, 0.2) is 0 Å². The third-order valence-electron chi connectivity index (χ3n) is 3.95. The number of nitrogens with zero attached hydrogens (tertiary/aromatic N) is 1. The summed E-state index contributed by atoms with van der Waals surface area (Å²) < 4.78 is 1.44. The van der Waals surface area contributed by atoms with E-state index < -0.39 is 0 Å². The Kier molecular flexibility index (Phi) is 1.07. The van der Waals surface area contributed by atoms with E-state index in [2.05, 4.69) is 7.05 Å². The first-order valence-electron chi connectivity index (χ1n) is 5.12. The van der Waals surface area contributed by atoms with Crippen molar-refractivity contribution in [2.24, 2.45) is 11.8 Å². The van der Waals surface area contributed by atoms with Gasteiger partial charge in [0.05, 0.1) is 13.1 Å². The monoisotopic (exact) mass is 152 g/mol. The fourth-order valence-corrected chi connectivity index (χ4v) is 2.52. The van der Waals surface area contributed by atoms with Crippen LogP contribution in [-0.4, -0.2) is 30.7 Å². The van der Waals surface area contributed by atoms with E-state index in [0.29, 0.717) is 0 Å². The van der Waals surface area contributed by atoms with Gasteiger partial charge in [0.1, 0.15) is 13.1 Å². The Morgan fingerprint density at radius 3 is 2.55 bits per heavy atom. The first kappa shape index (κ1) is 6.47. The van der Waals surface area contributed by atoms with Crippen molar-refractivity contribution in [3.63, 3.8) is 0 Å². The van der Waals surface area contributed by atoms with Gasteiger partial charge in [-0.2, -0.15) is 0 Å². The number of likely N-dealkylation sites (N-methyl/N-ethyl adjacent to an activating group) is 1. The molecule has 0 bridgehead atoms. The lowest BCUT2D eigenvalue weighted by molar-refractivity contribution is -0.791. The van der Waals surface area contributed by atoms with Crippen molar-refractivity contribution in [2.45, 2.75) is 31.7 Å². The van der Waals surface area contributed by atoms with Crippen LogP contribution in [0.1, 0.15) is 25.7 Å². The topological polar surface area (TPSA) is 0 Å². The Morgan fingerprint density at radius 2 is 2.00 bits per heavy atom. The summed E-state index contributed by atoms with van der Waals surface area (Å²) in [5.74, 6) is 2.31. The summed E-state index contributed by atoms with van der Waals surface area (Å²) in [5.41, 5.74) is 0. The molecule has 1 saturated heterocycles. The minimum atomic E-state index is 1.11. The van der Waals surface area contributed by atoms with Crippen molar-refractivity contribution in [2.75, 3.05) is 20.1 Å². The molecule has 1 aliphatic heterocycles. The summed E-state index contributed by atoms with van der Waals surface area (Å²) in [6, 6.07) is 1.11. The van der Waals surface area contributed by atoms with Crippen LogP contribution in [-0.2, 0) is 0 Å². The summed E-state index contributed by atoms with van der Waals surface area (Å²) in [6.45, 7) is 2.96. The lowest BCUT2D eigenvalue weighted by atomic mass is 10.2. The fourth-order valence-electron chi connectivity index (χ4n) is 2.52. The van der Waals surface area contributed by atoms with Gasteiger partial charge in [0.2, 0.25) is 0 Å². The zero-order valence-electron chi connectivity index (χ0n) is 7.42. The van der Waals surface area contributed by atoms with Crippen LogP contribution in [0.4, 0.5) is 0 Å². The third-order valence-corrected chi connectivity index (χ3v) is 3.95. The van der Waals surface area contributed by atoms with Gasteiger partial charge in [0, 0.05) is 12.3 Å². The van der Waals surface area contributed by atoms with Crippen LogP contribution in [0.3, 0.4) is 0 Å². The quantitative estimate of drug-likeness (QED) is 0.426. The van der Waals surface area contributed by atoms with E-state index in [-0.39, 0.29) is 0 Å². The Hall–Kier alpha value is -0.0400. The molecule has 3 fully saturated rings. The van der Waals surface area contributed by atoms with Gasteiger partial charge in [-0.15, -0.1) is 0 Å². The standard InChI is InChI=1S/C10H18N/c1-11(4-5-11)10-7-9(10)6-8-2-3-8/h8-10H,2-7H2,1H3/q+1. The van der Waals surface area contributed by atoms with Crippen molar-refractivity contribution in [1.82, 2.24) is 0 Å². The lowest BCUT2D eigenvalue weighted by Gasteiger charge is -2.10. The zero-order chi connectivity index (χ0) is 7.47. The molecule has 0 aromatic carbocycles. The molecule has 0 amide bonds. The van der Waals surface area contributed by atoms with Crippen LogP contribution < -0.4 is 0 Å². The minimum absolute atomic E-state index is 1.11. The van der Waals surface area contributed by atoms with Gasteiger partial charge in [-0.1, -0.05) is 12.8 Å². The average molecular weight is 152 g/mol.